The standard InChI is InChI=1S/C21H22N6O2/c1-28-21-20(23-6-7-24-21)14-2-3-17-16(12-14)19(26-25-17)15-4-5-22-18(13-15)27-8-10-29-11-9-27/h2-7,12,18H,8-11,13H2,1H3,(H,25,26). The molecule has 1 N–H and O–H groups in total. The Bertz CT molecular complexity index is 1080. The summed E-state index contributed by atoms with van der Waals surface area (Å²) in [5.41, 5.74) is 4.77. The molecule has 3 aromatic rings. The van der Waals surface area contributed by atoms with Crippen LogP contribution < -0.4 is 4.74 Å². The second kappa shape index (κ2) is 7.73. The first-order valence-electron chi connectivity index (χ1n) is 9.71. The quantitative estimate of drug-likeness (QED) is 0.737. The van der Waals surface area contributed by atoms with Crippen LogP contribution in [-0.4, -0.2) is 70.9 Å². The average molecular weight is 390 g/mol. The van der Waals surface area contributed by atoms with Gasteiger partial charge < -0.3 is 9.47 Å². The fraction of sp³-hybridized carbons (Fsp3) is 0.333. The van der Waals surface area contributed by atoms with Crippen LogP contribution in [0.2, 0.25) is 0 Å². The van der Waals surface area contributed by atoms with Gasteiger partial charge in [-0.25, -0.2) is 9.97 Å². The van der Waals surface area contributed by atoms with Crippen LogP contribution in [-0.2, 0) is 4.74 Å². The van der Waals surface area contributed by atoms with Crippen LogP contribution in [0.3, 0.4) is 0 Å². The molecule has 2 aromatic heterocycles. The molecule has 0 spiro atoms. The zero-order valence-electron chi connectivity index (χ0n) is 16.2. The number of fused-ring (bicyclic) bond motifs is 1. The number of nitrogens with one attached hydrogen (secondary N) is 1. The number of hydrogen-bond donors (Lipinski definition) is 1. The minimum Gasteiger partial charge on any atom is -0.479 e. The fourth-order valence-corrected chi connectivity index (χ4v) is 3.90. The second-order valence-corrected chi connectivity index (χ2v) is 7.07. The molecule has 0 radical (unpaired) electrons. The molecule has 1 aromatic carbocycles. The Morgan fingerprint density at radius 1 is 1.14 bits per heavy atom. The third-order valence-corrected chi connectivity index (χ3v) is 5.40. The highest BCUT2D eigenvalue weighted by Crippen LogP contribution is 2.33. The van der Waals surface area contributed by atoms with E-state index in [0.29, 0.717) is 5.88 Å². The molecule has 2 aliphatic rings. The maximum Gasteiger partial charge on any atom is 0.240 e. The van der Waals surface area contributed by atoms with E-state index in [4.69, 9.17) is 9.47 Å². The summed E-state index contributed by atoms with van der Waals surface area (Å²) in [6.07, 6.45) is 8.22. The average Bonchev–Trinajstić information content (AvgIpc) is 3.23. The number of dihydropyridines is 1. The van der Waals surface area contributed by atoms with Gasteiger partial charge in [0.25, 0.3) is 0 Å². The lowest BCUT2D eigenvalue weighted by molar-refractivity contribution is 0.0193. The summed E-state index contributed by atoms with van der Waals surface area (Å²) in [6, 6.07) is 6.12. The van der Waals surface area contributed by atoms with Gasteiger partial charge in [-0.2, -0.15) is 5.10 Å². The molecule has 4 heterocycles. The molecule has 1 atom stereocenters. The maximum atomic E-state index is 5.47. The number of methoxy groups -OCH3 is 1. The fourth-order valence-electron chi connectivity index (χ4n) is 3.90. The van der Waals surface area contributed by atoms with Crippen molar-refractivity contribution in [1.29, 1.82) is 0 Å². The van der Waals surface area contributed by atoms with Gasteiger partial charge in [0.05, 0.1) is 31.5 Å². The van der Waals surface area contributed by atoms with E-state index in [2.05, 4.69) is 42.2 Å². The predicted octanol–water partition coefficient (Wildman–Crippen LogP) is 2.54. The van der Waals surface area contributed by atoms with Crippen molar-refractivity contribution in [2.45, 2.75) is 12.6 Å². The molecule has 0 aliphatic carbocycles. The van der Waals surface area contributed by atoms with Crippen LogP contribution in [0.15, 0.2) is 41.7 Å². The summed E-state index contributed by atoms with van der Waals surface area (Å²) < 4.78 is 10.9. The van der Waals surface area contributed by atoms with Gasteiger partial charge in [0, 0.05) is 49.1 Å². The van der Waals surface area contributed by atoms with E-state index in [1.807, 2.05) is 18.3 Å². The minimum absolute atomic E-state index is 0.133. The van der Waals surface area contributed by atoms with E-state index in [1.54, 1.807) is 19.5 Å². The Hall–Kier alpha value is -3.10. The molecule has 8 heteroatoms. The summed E-state index contributed by atoms with van der Waals surface area (Å²) in [4.78, 5) is 15.8. The molecule has 1 fully saturated rings. The highest BCUT2D eigenvalue weighted by molar-refractivity contribution is 5.97. The van der Waals surface area contributed by atoms with E-state index in [9.17, 15) is 0 Å². The summed E-state index contributed by atoms with van der Waals surface area (Å²) in [6.45, 7) is 3.35. The number of allylic oxidation sites excluding steroid dienone is 1. The van der Waals surface area contributed by atoms with Crippen LogP contribution in [0.1, 0.15) is 12.1 Å². The number of nitrogens with zero attached hydrogens (tertiary/aromatic N) is 5. The number of ether oxygens (including phenoxy) is 2. The lowest BCUT2D eigenvalue weighted by Crippen LogP contribution is -2.43. The van der Waals surface area contributed by atoms with Crippen LogP contribution in [0.4, 0.5) is 0 Å². The molecule has 5 rings (SSSR count). The molecule has 1 saturated heterocycles. The number of aromatic amines is 1. The first-order chi connectivity index (χ1) is 14.3. The summed E-state index contributed by atoms with van der Waals surface area (Å²) in [7, 11) is 1.60. The van der Waals surface area contributed by atoms with Gasteiger partial charge in [-0.1, -0.05) is 6.07 Å². The van der Waals surface area contributed by atoms with Crippen molar-refractivity contribution < 1.29 is 9.47 Å². The predicted molar refractivity (Wildman–Crippen MR) is 111 cm³/mol. The number of aromatic nitrogens is 4. The van der Waals surface area contributed by atoms with Crippen LogP contribution in [0, 0.1) is 0 Å². The van der Waals surface area contributed by atoms with Crippen molar-refractivity contribution in [3.05, 3.63) is 42.4 Å². The number of hydrogen-bond acceptors (Lipinski definition) is 7. The van der Waals surface area contributed by atoms with Crippen molar-refractivity contribution in [2.75, 3.05) is 33.4 Å². The normalized spacial score (nSPS) is 20.0. The van der Waals surface area contributed by atoms with Crippen molar-refractivity contribution in [3.8, 4) is 17.1 Å². The number of aliphatic imine (C=N–C) groups is 1. The van der Waals surface area contributed by atoms with Gasteiger partial charge in [0.15, 0.2) is 0 Å². The first kappa shape index (κ1) is 18.0. The topological polar surface area (TPSA) is 88.5 Å². The Kier molecular flexibility index (Phi) is 4.79. The van der Waals surface area contributed by atoms with E-state index in [1.165, 1.54) is 5.57 Å². The van der Waals surface area contributed by atoms with Gasteiger partial charge in [-0.15, -0.1) is 0 Å². The third-order valence-electron chi connectivity index (χ3n) is 5.40. The van der Waals surface area contributed by atoms with Gasteiger partial charge in [0.2, 0.25) is 5.88 Å². The molecular formula is C21H22N6O2. The largest absolute Gasteiger partial charge is 0.479 e. The van der Waals surface area contributed by atoms with E-state index in [-0.39, 0.29) is 6.17 Å². The molecule has 1 unspecified atom stereocenters. The first-order valence-corrected chi connectivity index (χ1v) is 9.71. The minimum atomic E-state index is 0.133. The Balaban J connectivity index is 1.49. The smallest absolute Gasteiger partial charge is 0.240 e. The number of benzene rings is 1. The summed E-state index contributed by atoms with van der Waals surface area (Å²) in [5.74, 6) is 0.508. The monoisotopic (exact) mass is 390 g/mol. The Morgan fingerprint density at radius 2 is 2.00 bits per heavy atom. The highest BCUT2D eigenvalue weighted by Gasteiger charge is 2.25. The van der Waals surface area contributed by atoms with E-state index < -0.39 is 0 Å². The summed E-state index contributed by atoms with van der Waals surface area (Å²) in [5, 5.41) is 8.81. The molecule has 148 valence electrons. The number of morpholine rings is 1. The molecule has 0 bridgehead atoms. The second-order valence-electron chi connectivity index (χ2n) is 7.07. The Morgan fingerprint density at radius 3 is 2.86 bits per heavy atom. The SMILES string of the molecule is COc1nccnc1-c1ccc2[nH]nc(C3=CC=NC(N4CCOCC4)C3)c2c1. The lowest BCUT2D eigenvalue weighted by atomic mass is 9.99. The van der Waals surface area contributed by atoms with E-state index in [0.717, 1.165) is 60.6 Å². The Labute approximate surface area is 168 Å². The van der Waals surface area contributed by atoms with Crippen LogP contribution >= 0.6 is 0 Å². The lowest BCUT2D eigenvalue weighted by Gasteiger charge is -2.33. The summed E-state index contributed by atoms with van der Waals surface area (Å²) >= 11 is 0. The maximum absolute atomic E-state index is 5.47. The van der Waals surface area contributed by atoms with Crippen LogP contribution in [0.5, 0.6) is 5.88 Å². The van der Waals surface area contributed by atoms with Gasteiger partial charge >= 0.3 is 0 Å². The third kappa shape index (κ3) is 3.41. The number of H-pyrrole nitrogens is 1. The van der Waals surface area contributed by atoms with Gasteiger partial charge in [0.1, 0.15) is 11.9 Å². The molecular weight excluding hydrogens is 368 g/mol. The zero-order valence-corrected chi connectivity index (χ0v) is 16.2. The molecule has 2 aliphatic heterocycles. The molecule has 8 nitrogen and oxygen atoms in total. The van der Waals surface area contributed by atoms with Gasteiger partial charge in [-0.3, -0.25) is 15.0 Å². The number of rotatable bonds is 4. The van der Waals surface area contributed by atoms with Crippen molar-refractivity contribution >= 4 is 22.7 Å². The van der Waals surface area contributed by atoms with Gasteiger partial charge in [-0.05, 0) is 23.8 Å². The zero-order chi connectivity index (χ0) is 19.6. The van der Waals surface area contributed by atoms with E-state index >= 15 is 0 Å². The van der Waals surface area contributed by atoms with Crippen molar-refractivity contribution in [3.63, 3.8) is 0 Å². The molecule has 0 saturated carbocycles. The van der Waals surface area contributed by atoms with Crippen molar-refractivity contribution in [2.24, 2.45) is 4.99 Å². The molecule has 0 amide bonds. The molecule has 29 heavy (non-hydrogen) atoms. The van der Waals surface area contributed by atoms with Crippen molar-refractivity contribution in [1.82, 2.24) is 25.1 Å². The van der Waals surface area contributed by atoms with Crippen LogP contribution in [0.25, 0.3) is 27.7 Å². The highest BCUT2D eigenvalue weighted by atomic mass is 16.5.